The molecule has 0 radical (unpaired) electrons. The Kier molecular flexibility index (Phi) is 2.44. The Labute approximate surface area is 97.3 Å². The second kappa shape index (κ2) is 3.57. The number of fused-ring (bicyclic) bond motifs is 1. The summed E-state index contributed by atoms with van der Waals surface area (Å²) < 4.78 is 31.9. The van der Waals surface area contributed by atoms with E-state index in [0.717, 1.165) is 10.3 Å². The summed E-state index contributed by atoms with van der Waals surface area (Å²) in [5, 5.41) is 16.7. The number of benzene rings is 1. The smallest absolute Gasteiger partial charge is 0.296 e. The normalized spacial score (nSPS) is 11.9. The van der Waals surface area contributed by atoms with Gasteiger partial charge in [-0.25, -0.2) is 0 Å². The van der Waals surface area contributed by atoms with E-state index in [-0.39, 0.29) is 5.36 Å². The van der Waals surface area contributed by atoms with Crippen LogP contribution in [-0.2, 0) is 10.1 Å². The summed E-state index contributed by atoms with van der Waals surface area (Å²) in [6.07, 6.45) is 1.39. The number of rotatable bonds is 1. The molecule has 1 heterocycles. The zero-order chi connectivity index (χ0) is 12.8. The lowest BCUT2D eigenvalue weighted by Crippen LogP contribution is -2.16. The van der Waals surface area contributed by atoms with Gasteiger partial charge in [-0.15, -0.1) is 0 Å². The van der Waals surface area contributed by atoms with Gasteiger partial charge in [-0.3, -0.25) is 9.96 Å². The minimum atomic E-state index is -4.43. The molecule has 0 amide bonds. The number of nitrogens with one attached hydrogen (secondary N) is 1. The first kappa shape index (κ1) is 11.6. The maximum absolute atomic E-state index is 11.1. The highest BCUT2D eigenvalue weighted by Crippen LogP contribution is 2.25. The van der Waals surface area contributed by atoms with Gasteiger partial charge < -0.3 is 5.21 Å². The average Bonchev–Trinajstić information content (AvgIpc) is 2.21. The Morgan fingerprint density at radius 1 is 1.35 bits per heavy atom. The molecular formula is C10H10N2O4S. The van der Waals surface area contributed by atoms with Crippen molar-refractivity contribution in [3.63, 3.8) is 0 Å². The molecule has 1 aliphatic carbocycles. The van der Waals surface area contributed by atoms with Gasteiger partial charge in [0.05, 0.1) is 11.1 Å². The predicted molar refractivity (Wildman–Crippen MR) is 58.6 cm³/mol. The number of aromatic nitrogens is 1. The van der Waals surface area contributed by atoms with Crippen molar-refractivity contribution >= 4 is 10.1 Å². The van der Waals surface area contributed by atoms with Crippen LogP contribution in [0, 0.1) is 12.3 Å². The molecule has 0 aromatic rings. The van der Waals surface area contributed by atoms with Crippen LogP contribution < -0.4 is 5.36 Å². The number of hydrogen-bond donors (Lipinski definition) is 3. The van der Waals surface area contributed by atoms with Gasteiger partial charge in [0.2, 0.25) is 0 Å². The molecule has 7 heteroatoms. The third-order valence-electron chi connectivity index (χ3n) is 2.51. The Hall–Kier alpha value is -1.86. The molecule has 90 valence electrons. The second-order valence-electron chi connectivity index (χ2n) is 3.68. The van der Waals surface area contributed by atoms with E-state index in [2.05, 4.69) is 0 Å². The Bertz CT molecular complexity index is 718. The van der Waals surface area contributed by atoms with E-state index in [9.17, 15) is 13.6 Å². The number of nitrogens with zero attached hydrogens (tertiary/aromatic N) is 1. The molecule has 0 unspecified atom stereocenters. The van der Waals surface area contributed by atoms with E-state index in [0.29, 0.717) is 11.3 Å². The van der Waals surface area contributed by atoms with Crippen molar-refractivity contribution in [3.8, 4) is 11.3 Å². The van der Waals surface area contributed by atoms with Gasteiger partial charge in [-0.2, -0.15) is 13.1 Å². The van der Waals surface area contributed by atoms with Crippen LogP contribution in [0.15, 0.2) is 29.3 Å². The molecule has 2 aliphatic rings. The molecule has 17 heavy (non-hydrogen) atoms. The number of aryl methyl sites for hydroxylation is 1. The Balaban J connectivity index is 2.96. The zero-order valence-electron chi connectivity index (χ0n) is 8.88. The summed E-state index contributed by atoms with van der Waals surface area (Å²) in [6, 6.07) is 3.96. The van der Waals surface area contributed by atoms with Crippen LogP contribution in [0.1, 0.15) is 5.56 Å². The largest absolute Gasteiger partial charge is 0.428 e. The fourth-order valence-corrected chi connectivity index (χ4v) is 2.24. The molecule has 0 saturated heterocycles. The average molecular weight is 254 g/mol. The summed E-state index contributed by atoms with van der Waals surface area (Å²) in [5.41, 5.74) is 1.50. The molecule has 0 spiro atoms. The summed E-state index contributed by atoms with van der Waals surface area (Å²) in [4.78, 5) is -0.473. The van der Waals surface area contributed by atoms with Crippen molar-refractivity contribution in [2.45, 2.75) is 11.8 Å². The molecule has 0 bridgehead atoms. The van der Waals surface area contributed by atoms with Crippen LogP contribution in [0.3, 0.4) is 0 Å². The van der Waals surface area contributed by atoms with E-state index in [1.54, 1.807) is 13.0 Å². The quantitative estimate of drug-likeness (QED) is 0.518. The molecule has 0 aromatic heterocycles. The molecule has 2 rings (SSSR count). The molecule has 6 nitrogen and oxygen atoms in total. The molecule has 0 saturated carbocycles. The monoisotopic (exact) mass is 254 g/mol. The zero-order valence-corrected chi connectivity index (χ0v) is 9.69. The first-order valence-electron chi connectivity index (χ1n) is 4.68. The van der Waals surface area contributed by atoms with Gasteiger partial charge in [0, 0.05) is 11.8 Å². The van der Waals surface area contributed by atoms with E-state index in [4.69, 9.17) is 9.96 Å². The van der Waals surface area contributed by atoms with E-state index in [1.165, 1.54) is 18.3 Å². The van der Waals surface area contributed by atoms with Crippen LogP contribution in [0.25, 0.3) is 11.3 Å². The first-order chi connectivity index (χ1) is 7.80. The Morgan fingerprint density at radius 2 is 2.00 bits per heavy atom. The van der Waals surface area contributed by atoms with Crippen LogP contribution >= 0.6 is 0 Å². The third kappa shape index (κ3) is 1.90. The SMILES string of the molecule is Cc1ccn(O)c2cc(=N)c(S(=O)(=O)O)cc1-2. The highest BCUT2D eigenvalue weighted by molar-refractivity contribution is 7.85. The Morgan fingerprint density at radius 3 is 2.59 bits per heavy atom. The summed E-state index contributed by atoms with van der Waals surface area (Å²) in [7, 11) is -4.43. The van der Waals surface area contributed by atoms with Gasteiger partial charge in [-0.1, -0.05) is 0 Å². The van der Waals surface area contributed by atoms with Crippen LogP contribution in [0.2, 0.25) is 0 Å². The van der Waals surface area contributed by atoms with Crippen LogP contribution in [-0.4, -0.2) is 22.9 Å². The molecule has 3 N–H and O–H groups in total. The maximum atomic E-state index is 11.1. The van der Waals surface area contributed by atoms with Gasteiger partial charge in [-0.05, 0) is 30.7 Å². The highest BCUT2D eigenvalue weighted by atomic mass is 32.2. The van der Waals surface area contributed by atoms with Crippen molar-refractivity contribution in [1.29, 1.82) is 5.41 Å². The second-order valence-corrected chi connectivity index (χ2v) is 5.07. The summed E-state index contributed by atoms with van der Waals surface area (Å²) in [5.74, 6) is 0. The molecule has 1 aliphatic heterocycles. The van der Waals surface area contributed by atoms with Crippen molar-refractivity contribution in [2.24, 2.45) is 0 Å². The molecule has 0 aromatic carbocycles. The van der Waals surface area contributed by atoms with Gasteiger partial charge >= 0.3 is 0 Å². The standard InChI is InChI=1S/C10H10N2O4S/c1-6-2-3-12(13)9-5-8(11)10(4-7(6)9)17(14,15)16/h2-5,11,13H,1H3,(H,14,15,16). The number of pyridine rings is 1. The van der Waals surface area contributed by atoms with Gasteiger partial charge in [0.1, 0.15) is 4.90 Å². The molecule has 0 atom stereocenters. The van der Waals surface area contributed by atoms with Crippen molar-refractivity contribution in [1.82, 2.24) is 4.73 Å². The predicted octanol–water partition coefficient (Wildman–Crippen LogP) is 0.865. The van der Waals surface area contributed by atoms with Gasteiger partial charge in [0.15, 0.2) is 0 Å². The van der Waals surface area contributed by atoms with E-state index < -0.39 is 15.0 Å². The minimum Gasteiger partial charge on any atom is -0.428 e. The maximum Gasteiger partial charge on any atom is 0.296 e. The topological polar surface area (TPSA) is 103 Å². The highest BCUT2D eigenvalue weighted by Gasteiger charge is 2.18. The lowest BCUT2D eigenvalue weighted by molar-refractivity contribution is 0.189. The third-order valence-corrected chi connectivity index (χ3v) is 3.41. The van der Waals surface area contributed by atoms with Crippen LogP contribution in [0.5, 0.6) is 0 Å². The number of hydrogen-bond acceptors (Lipinski definition) is 4. The fraction of sp³-hybridized carbons (Fsp3) is 0.100. The summed E-state index contributed by atoms with van der Waals surface area (Å²) >= 11 is 0. The fourth-order valence-electron chi connectivity index (χ4n) is 1.64. The first-order valence-corrected chi connectivity index (χ1v) is 6.12. The van der Waals surface area contributed by atoms with E-state index >= 15 is 0 Å². The summed E-state index contributed by atoms with van der Waals surface area (Å²) in [6.45, 7) is 1.74. The van der Waals surface area contributed by atoms with Crippen molar-refractivity contribution in [2.75, 3.05) is 0 Å². The van der Waals surface area contributed by atoms with Crippen LogP contribution in [0.4, 0.5) is 0 Å². The lowest BCUT2D eigenvalue weighted by Gasteiger charge is -2.13. The van der Waals surface area contributed by atoms with Gasteiger partial charge in [0.25, 0.3) is 10.1 Å². The molecular weight excluding hydrogens is 244 g/mol. The van der Waals surface area contributed by atoms with E-state index in [1.807, 2.05) is 0 Å². The van der Waals surface area contributed by atoms with Crippen molar-refractivity contribution < 1.29 is 18.2 Å². The molecule has 0 fully saturated rings. The minimum absolute atomic E-state index is 0.308. The lowest BCUT2D eigenvalue weighted by atomic mass is 10.0. The van der Waals surface area contributed by atoms with Crippen molar-refractivity contribution in [3.05, 3.63) is 35.3 Å².